The fourth-order valence-electron chi connectivity index (χ4n) is 1.52. The van der Waals surface area contributed by atoms with Gasteiger partial charge in [-0.25, -0.2) is 0 Å². The zero-order valence-electron chi connectivity index (χ0n) is 9.83. The number of carbonyl (C=O) groups is 1. The molecule has 3 nitrogen and oxygen atoms in total. The van der Waals surface area contributed by atoms with Gasteiger partial charge in [-0.15, -0.1) is 0 Å². The molecule has 1 saturated carbocycles. The van der Waals surface area contributed by atoms with Crippen LogP contribution in [0.25, 0.3) is 0 Å². The first-order valence-electron chi connectivity index (χ1n) is 6.07. The van der Waals surface area contributed by atoms with Gasteiger partial charge in [-0.05, 0) is 13.3 Å². The van der Waals surface area contributed by atoms with Crippen molar-refractivity contribution < 1.29 is 14.6 Å². The summed E-state index contributed by atoms with van der Waals surface area (Å²) in [5.74, 6) is -0.230. The minimum absolute atomic E-state index is 0.0544. The maximum absolute atomic E-state index is 10.5. The Bertz CT molecular complexity index is 130. The van der Waals surface area contributed by atoms with E-state index in [1.807, 2.05) is 0 Å². The number of hydrogen-bond donors (Lipinski definition) is 1. The van der Waals surface area contributed by atoms with Gasteiger partial charge in [0.2, 0.25) is 0 Å². The molecule has 0 radical (unpaired) electrons. The van der Waals surface area contributed by atoms with Gasteiger partial charge in [0.1, 0.15) is 0 Å². The molecular formula is C12H24O3. The number of aliphatic hydroxyl groups is 1. The van der Waals surface area contributed by atoms with Gasteiger partial charge in [0.25, 0.3) is 0 Å². The highest BCUT2D eigenvalue weighted by Gasteiger charge is 1.98. The molecule has 15 heavy (non-hydrogen) atoms. The van der Waals surface area contributed by atoms with Crippen LogP contribution in [0.1, 0.15) is 58.3 Å². The van der Waals surface area contributed by atoms with Gasteiger partial charge >= 0.3 is 5.97 Å². The van der Waals surface area contributed by atoms with Crippen LogP contribution in [-0.2, 0) is 9.53 Å². The molecule has 0 aromatic rings. The first-order valence-corrected chi connectivity index (χ1v) is 6.07. The zero-order chi connectivity index (χ0) is 11.4. The smallest absolute Gasteiger partial charge is 0.305 e. The summed E-state index contributed by atoms with van der Waals surface area (Å²) in [4.78, 5) is 10.5. The Labute approximate surface area is 92.8 Å². The summed E-state index contributed by atoms with van der Waals surface area (Å²) in [5, 5.41) is 8.28. The molecule has 0 spiro atoms. The van der Waals surface area contributed by atoms with Crippen molar-refractivity contribution in [3.63, 3.8) is 0 Å². The summed E-state index contributed by atoms with van der Waals surface area (Å²) in [7, 11) is 0. The second-order valence-electron chi connectivity index (χ2n) is 3.75. The first-order chi connectivity index (χ1) is 7.31. The summed E-state index contributed by atoms with van der Waals surface area (Å²) >= 11 is 0. The molecule has 0 amide bonds. The van der Waals surface area contributed by atoms with Crippen molar-refractivity contribution in [2.45, 2.75) is 58.3 Å². The van der Waals surface area contributed by atoms with Gasteiger partial charge in [0.15, 0.2) is 0 Å². The zero-order valence-corrected chi connectivity index (χ0v) is 9.83. The van der Waals surface area contributed by atoms with E-state index in [0.717, 1.165) is 0 Å². The molecule has 1 aliphatic rings. The van der Waals surface area contributed by atoms with Crippen LogP contribution in [0.5, 0.6) is 0 Å². The van der Waals surface area contributed by atoms with E-state index in [1.54, 1.807) is 6.92 Å². The van der Waals surface area contributed by atoms with Crippen molar-refractivity contribution in [1.82, 2.24) is 0 Å². The minimum atomic E-state index is -0.230. The van der Waals surface area contributed by atoms with Crippen molar-refractivity contribution in [3.05, 3.63) is 0 Å². The Hall–Kier alpha value is -0.570. The minimum Gasteiger partial charge on any atom is -0.466 e. The van der Waals surface area contributed by atoms with E-state index < -0.39 is 0 Å². The largest absolute Gasteiger partial charge is 0.466 e. The van der Waals surface area contributed by atoms with Crippen LogP contribution < -0.4 is 0 Å². The number of esters is 1. The number of carbonyl (C=O) groups excluding carboxylic acids is 1. The highest BCUT2D eigenvalue weighted by atomic mass is 16.5. The molecule has 0 aromatic heterocycles. The predicted octanol–water partition coefficient (Wildman–Crippen LogP) is 2.66. The normalized spacial score (nSPS) is 15.1. The van der Waals surface area contributed by atoms with E-state index in [1.165, 1.54) is 38.5 Å². The lowest BCUT2D eigenvalue weighted by molar-refractivity contribution is -0.143. The third-order valence-corrected chi connectivity index (χ3v) is 2.34. The van der Waals surface area contributed by atoms with E-state index in [-0.39, 0.29) is 12.6 Å². The first kappa shape index (κ1) is 14.4. The number of hydrogen-bond acceptors (Lipinski definition) is 3. The second kappa shape index (κ2) is 11.5. The Morgan fingerprint density at radius 2 is 1.60 bits per heavy atom. The predicted molar refractivity (Wildman–Crippen MR) is 60.7 cm³/mol. The molecule has 1 aliphatic carbocycles. The highest BCUT2D eigenvalue weighted by molar-refractivity contribution is 5.69. The molecule has 0 heterocycles. The molecule has 0 aliphatic heterocycles. The summed E-state index contributed by atoms with van der Waals surface area (Å²) < 4.78 is 4.59. The topological polar surface area (TPSA) is 46.5 Å². The van der Waals surface area contributed by atoms with E-state index in [0.29, 0.717) is 19.4 Å². The molecule has 0 aromatic carbocycles. The molecule has 0 unspecified atom stereocenters. The molecule has 3 heteroatoms. The lowest BCUT2D eigenvalue weighted by atomic mass is 10.0. The summed E-state index contributed by atoms with van der Waals surface area (Å²) in [6.45, 7) is 2.24. The Kier molecular flexibility index (Phi) is 11.1. The van der Waals surface area contributed by atoms with Gasteiger partial charge in [-0.1, -0.05) is 38.5 Å². The highest BCUT2D eigenvalue weighted by Crippen LogP contribution is 2.15. The Balaban J connectivity index is 0.000000280. The average Bonchev–Trinajstić information content (AvgIpc) is 2.30. The molecule has 0 bridgehead atoms. The maximum atomic E-state index is 10.5. The Morgan fingerprint density at radius 3 is 1.93 bits per heavy atom. The average molecular weight is 216 g/mol. The van der Waals surface area contributed by atoms with Gasteiger partial charge in [-0.2, -0.15) is 0 Å². The van der Waals surface area contributed by atoms with Crippen LogP contribution in [0.3, 0.4) is 0 Å². The molecular weight excluding hydrogens is 192 g/mol. The van der Waals surface area contributed by atoms with E-state index >= 15 is 0 Å². The fraction of sp³-hybridized carbons (Fsp3) is 0.917. The second-order valence-corrected chi connectivity index (χ2v) is 3.75. The van der Waals surface area contributed by atoms with Crippen LogP contribution in [0.2, 0.25) is 0 Å². The van der Waals surface area contributed by atoms with Crippen molar-refractivity contribution in [2.24, 2.45) is 0 Å². The van der Waals surface area contributed by atoms with Gasteiger partial charge in [0, 0.05) is 13.0 Å². The van der Waals surface area contributed by atoms with E-state index in [9.17, 15) is 4.79 Å². The molecule has 0 saturated heterocycles. The van der Waals surface area contributed by atoms with Crippen molar-refractivity contribution in [1.29, 1.82) is 0 Å². The molecule has 1 fully saturated rings. The van der Waals surface area contributed by atoms with Crippen LogP contribution in [-0.4, -0.2) is 24.3 Å². The maximum Gasteiger partial charge on any atom is 0.305 e. The number of ether oxygens (including phenoxy) is 1. The molecule has 0 atom stereocenters. The summed E-state index contributed by atoms with van der Waals surface area (Å²) in [6, 6.07) is 0. The fourth-order valence-corrected chi connectivity index (χ4v) is 1.52. The third-order valence-electron chi connectivity index (χ3n) is 2.34. The quantitative estimate of drug-likeness (QED) is 0.735. The van der Waals surface area contributed by atoms with Crippen molar-refractivity contribution in [2.75, 3.05) is 13.2 Å². The lowest BCUT2D eigenvalue weighted by Crippen LogP contribution is -2.03. The lowest BCUT2D eigenvalue weighted by Gasteiger charge is -2.05. The summed E-state index contributed by atoms with van der Waals surface area (Å²) in [6.07, 6.45) is 9.82. The number of aliphatic hydroxyl groups excluding tert-OH is 1. The van der Waals surface area contributed by atoms with Crippen LogP contribution >= 0.6 is 0 Å². The third kappa shape index (κ3) is 11.4. The van der Waals surface area contributed by atoms with E-state index in [4.69, 9.17) is 5.11 Å². The van der Waals surface area contributed by atoms with Gasteiger partial charge in [-0.3, -0.25) is 4.79 Å². The Morgan fingerprint density at radius 1 is 1.13 bits per heavy atom. The van der Waals surface area contributed by atoms with Gasteiger partial charge < -0.3 is 9.84 Å². The van der Waals surface area contributed by atoms with Crippen molar-refractivity contribution >= 4 is 5.97 Å². The molecule has 1 rings (SSSR count). The number of rotatable bonds is 4. The monoisotopic (exact) mass is 216 g/mol. The molecule has 1 N–H and O–H groups in total. The van der Waals surface area contributed by atoms with E-state index in [2.05, 4.69) is 4.74 Å². The summed E-state index contributed by atoms with van der Waals surface area (Å²) in [5.41, 5.74) is 0. The van der Waals surface area contributed by atoms with Gasteiger partial charge in [0.05, 0.1) is 6.61 Å². The SMILES string of the molecule is C1CCCCC1.CCOC(=O)CCCO. The van der Waals surface area contributed by atoms with Crippen LogP contribution in [0.15, 0.2) is 0 Å². The van der Waals surface area contributed by atoms with Crippen LogP contribution in [0, 0.1) is 0 Å². The van der Waals surface area contributed by atoms with Crippen molar-refractivity contribution in [3.8, 4) is 0 Å². The molecule has 90 valence electrons. The standard InChI is InChI=1S/C6H12O3.C6H12/c1-2-9-6(8)4-3-5-7;1-2-4-6-5-3-1/h7H,2-5H2,1H3;1-6H2. The van der Waals surface area contributed by atoms with Crippen LogP contribution in [0.4, 0.5) is 0 Å².